The Bertz CT molecular complexity index is 964. The minimum absolute atomic E-state index is 0.124. The van der Waals surface area contributed by atoms with Crippen molar-refractivity contribution in [3.05, 3.63) is 88.2 Å². The normalized spacial score (nSPS) is 10.5. The highest BCUT2D eigenvalue weighted by molar-refractivity contribution is 5.75. The fourth-order valence-corrected chi connectivity index (χ4v) is 2.44. The third-order valence-corrected chi connectivity index (χ3v) is 3.94. The molecule has 3 aromatic rings. The highest BCUT2D eigenvalue weighted by atomic mass is 19.1. The van der Waals surface area contributed by atoms with Gasteiger partial charge in [-0.1, -0.05) is 42.0 Å². The van der Waals surface area contributed by atoms with Crippen molar-refractivity contribution in [2.45, 2.75) is 20.0 Å². The molecule has 5 nitrogen and oxygen atoms in total. The summed E-state index contributed by atoms with van der Waals surface area (Å²) in [6.45, 7) is 2.13. The van der Waals surface area contributed by atoms with Crippen LogP contribution in [0.3, 0.4) is 0 Å². The van der Waals surface area contributed by atoms with Crippen molar-refractivity contribution in [2.24, 2.45) is 0 Å². The first-order valence-electron chi connectivity index (χ1n) is 8.16. The fraction of sp³-hybridized carbons (Fsp3) is 0.150. The standard InChI is InChI=1S/C20H18FN3O2/c1-14-2-6-16(7-3-14)18-10-20(26)24(13-23-18)12-19(25)22-11-15-4-8-17(21)9-5-15/h2-10,13H,11-12H2,1H3,(H,22,25). The van der Waals surface area contributed by atoms with Crippen LogP contribution in [0.5, 0.6) is 0 Å². The first-order valence-corrected chi connectivity index (χ1v) is 8.16. The molecular weight excluding hydrogens is 333 g/mol. The van der Waals surface area contributed by atoms with E-state index in [1.165, 1.54) is 29.1 Å². The van der Waals surface area contributed by atoms with Crippen molar-refractivity contribution in [2.75, 3.05) is 0 Å². The molecule has 0 saturated heterocycles. The second-order valence-corrected chi connectivity index (χ2v) is 6.01. The van der Waals surface area contributed by atoms with Gasteiger partial charge in [0.05, 0.1) is 12.0 Å². The Morgan fingerprint density at radius 3 is 2.46 bits per heavy atom. The van der Waals surface area contributed by atoms with Crippen LogP contribution in [-0.2, 0) is 17.9 Å². The fourth-order valence-electron chi connectivity index (χ4n) is 2.44. The number of aryl methyl sites for hydroxylation is 1. The molecule has 1 aromatic heterocycles. The molecule has 26 heavy (non-hydrogen) atoms. The van der Waals surface area contributed by atoms with Crippen molar-refractivity contribution < 1.29 is 9.18 Å². The predicted molar refractivity (Wildman–Crippen MR) is 96.9 cm³/mol. The van der Waals surface area contributed by atoms with Gasteiger partial charge in [-0.3, -0.25) is 14.2 Å². The molecule has 1 amide bonds. The van der Waals surface area contributed by atoms with Gasteiger partial charge in [-0.25, -0.2) is 9.37 Å². The Hall–Kier alpha value is -3.28. The molecule has 0 atom stereocenters. The van der Waals surface area contributed by atoms with E-state index in [0.717, 1.165) is 16.7 Å². The molecule has 0 aliphatic carbocycles. The highest BCUT2D eigenvalue weighted by Crippen LogP contribution is 2.15. The number of rotatable bonds is 5. The largest absolute Gasteiger partial charge is 0.350 e. The average Bonchev–Trinajstić information content (AvgIpc) is 2.63. The van der Waals surface area contributed by atoms with E-state index in [9.17, 15) is 14.0 Å². The van der Waals surface area contributed by atoms with Crippen molar-refractivity contribution in [1.82, 2.24) is 14.9 Å². The van der Waals surface area contributed by atoms with Gasteiger partial charge in [0.15, 0.2) is 0 Å². The van der Waals surface area contributed by atoms with Crippen LogP contribution >= 0.6 is 0 Å². The molecule has 0 radical (unpaired) electrons. The molecule has 0 spiro atoms. The maximum atomic E-state index is 12.9. The van der Waals surface area contributed by atoms with Crippen LogP contribution in [0.2, 0.25) is 0 Å². The van der Waals surface area contributed by atoms with Gasteiger partial charge in [0.2, 0.25) is 5.91 Å². The van der Waals surface area contributed by atoms with Gasteiger partial charge >= 0.3 is 0 Å². The SMILES string of the molecule is Cc1ccc(-c2cc(=O)n(CC(=O)NCc3ccc(F)cc3)cn2)cc1. The number of nitrogens with zero attached hydrogens (tertiary/aromatic N) is 2. The van der Waals surface area contributed by atoms with Crippen LogP contribution in [0.25, 0.3) is 11.3 Å². The summed E-state index contributed by atoms with van der Waals surface area (Å²) in [5.41, 5.74) is 3.02. The van der Waals surface area contributed by atoms with Gasteiger partial charge in [-0.2, -0.15) is 0 Å². The summed E-state index contributed by atoms with van der Waals surface area (Å²) < 4.78 is 14.1. The summed E-state index contributed by atoms with van der Waals surface area (Å²) in [6, 6.07) is 15.0. The number of carbonyl (C=O) groups excluding carboxylic acids is 1. The summed E-state index contributed by atoms with van der Waals surface area (Å²) in [5.74, 6) is -0.646. The quantitative estimate of drug-likeness (QED) is 0.769. The van der Waals surface area contributed by atoms with Gasteiger partial charge in [-0.15, -0.1) is 0 Å². The van der Waals surface area contributed by atoms with E-state index in [4.69, 9.17) is 0 Å². The summed E-state index contributed by atoms with van der Waals surface area (Å²) in [6.07, 6.45) is 1.37. The summed E-state index contributed by atoms with van der Waals surface area (Å²) in [5, 5.41) is 2.70. The Morgan fingerprint density at radius 2 is 1.81 bits per heavy atom. The predicted octanol–water partition coefficient (Wildman–Crippen LogP) is 2.67. The van der Waals surface area contributed by atoms with Crippen LogP contribution in [0.1, 0.15) is 11.1 Å². The molecule has 132 valence electrons. The smallest absolute Gasteiger partial charge is 0.254 e. The molecule has 6 heteroatoms. The number of benzene rings is 2. The van der Waals surface area contributed by atoms with Crippen LogP contribution in [-0.4, -0.2) is 15.5 Å². The monoisotopic (exact) mass is 351 g/mol. The van der Waals surface area contributed by atoms with Crippen molar-refractivity contribution >= 4 is 5.91 Å². The Morgan fingerprint density at radius 1 is 1.12 bits per heavy atom. The van der Waals surface area contributed by atoms with Crippen LogP contribution in [0, 0.1) is 12.7 Å². The number of nitrogens with one attached hydrogen (secondary N) is 1. The lowest BCUT2D eigenvalue weighted by atomic mass is 10.1. The number of hydrogen-bond donors (Lipinski definition) is 1. The molecule has 0 aliphatic rings. The third-order valence-electron chi connectivity index (χ3n) is 3.94. The molecule has 0 saturated carbocycles. The van der Waals surface area contributed by atoms with E-state index >= 15 is 0 Å². The number of carbonyl (C=O) groups is 1. The zero-order chi connectivity index (χ0) is 18.5. The van der Waals surface area contributed by atoms with Gasteiger partial charge < -0.3 is 5.32 Å². The van der Waals surface area contributed by atoms with Crippen LogP contribution in [0.4, 0.5) is 4.39 Å². The van der Waals surface area contributed by atoms with Gasteiger partial charge in [0.25, 0.3) is 5.56 Å². The van der Waals surface area contributed by atoms with E-state index in [0.29, 0.717) is 5.69 Å². The lowest BCUT2D eigenvalue weighted by molar-refractivity contribution is -0.121. The number of amides is 1. The lowest BCUT2D eigenvalue weighted by Gasteiger charge is -2.08. The van der Waals surface area contributed by atoms with Gasteiger partial charge in [0.1, 0.15) is 12.4 Å². The Kier molecular flexibility index (Phi) is 5.22. The zero-order valence-electron chi connectivity index (χ0n) is 14.3. The molecule has 2 aromatic carbocycles. The third kappa shape index (κ3) is 4.42. The van der Waals surface area contributed by atoms with Crippen molar-refractivity contribution in [3.8, 4) is 11.3 Å². The van der Waals surface area contributed by atoms with Crippen molar-refractivity contribution in [3.63, 3.8) is 0 Å². The first kappa shape index (κ1) is 17.5. The van der Waals surface area contributed by atoms with E-state index in [-0.39, 0.29) is 30.4 Å². The minimum Gasteiger partial charge on any atom is -0.350 e. The summed E-state index contributed by atoms with van der Waals surface area (Å²) >= 11 is 0. The second kappa shape index (κ2) is 7.74. The molecule has 1 N–H and O–H groups in total. The second-order valence-electron chi connectivity index (χ2n) is 6.01. The number of hydrogen-bond acceptors (Lipinski definition) is 3. The molecule has 0 aliphatic heterocycles. The highest BCUT2D eigenvalue weighted by Gasteiger charge is 2.07. The minimum atomic E-state index is -0.327. The van der Waals surface area contributed by atoms with E-state index < -0.39 is 0 Å². The molecule has 0 unspecified atom stereocenters. The van der Waals surface area contributed by atoms with E-state index in [1.807, 2.05) is 31.2 Å². The zero-order valence-corrected chi connectivity index (χ0v) is 14.3. The molecular formula is C20H18FN3O2. The lowest BCUT2D eigenvalue weighted by Crippen LogP contribution is -2.31. The van der Waals surface area contributed by atoms with Crippen LogP contribution < -0.4 is 10.9 Å². The molecule has 3 rings (SSSR count). The maximum absolute atomic E-state index is 12.9. The number of halogens is 1. The Balaban J connectivity index is 1.64. The van der Waals surface area contributed by atoms with Crippen molar-refractivity contribution in [1.29, 1.82) is 0 Å². The average molecular weight is 351 g/mol. The number of aromatic nitrogens is 2. The first-order chi connectivity index (χ1) is 12.5. The van der Waals surface area contributed by atoms with Gasteiger partial charge in [-0.05, 0) is 24.6 Å². The van der Waals surface area contributed by atoms with E-state index in [1.54, 1.807) is 12.1 Å². The van der Waals surface area contributed by atoms with Gasteiger partial charge in [0, 0.05) is 18.2 Å². The summed E-state index contributed by atoms with van der Waals surface area (Å²) in [7, 11) is 0. The molecule has 0 fully saturated rings. The maximum Gasteiger partial charge on any atom is 0.254 e. The van der Waals surface area contributed by atoms with Crippen LogP contribution in [0.15, 0.2) is 65.7 Å². The topological polar surface area (TPSA) is 64.0 Å². The molecule has 0 bridgehead atoms. The summed E-state index contributed by atoms with van der Waals surface area (Å²) in [4.78, 5) is 28.5. The Labute approximate surface area is 150 Å². The van der Waals surface area contributed by atoms with E-state index in [2.05, 4.69) is 10.3 Å². The molecule has 1 heterocycles.